The van der Waals surface area contributed by atoms with Crippen molar-refractivity contribution in [3.05, 3.63) is 22.8 Å². The molecule has 7 heteroatoms. The molecule has 1 fully saturated rings. The highest BCUT2D eigenvalue weighted by atomic mass is 28.4. The van der Waals surface area contributed by atoms with Crippen LogP contribution in [-0.4, -0.2) is 67.1 Å². The van der Waals surface area contributed by atoms with Gasteiger partial charge in [0.15, 0.2) is 14.6 Å². The molecule has 1 saturated heterocycles. The van der Waals surface area contributed by atoms with Crippen LogP contribution in [0, 0.1) is 11.3 Å². The van der Waals surface area contributed by atoms with E-state index in [4.69, 9.17) is 28.1 Å². The van der Waals surface area contributed by atoms with E-state index in [1.807, 2.05) is 0 Å². The van der Waals surface area contributed by atoms with E-state index < -0.39 is 8.32 Å². The van der Waals surface area contributed by atoms with E-state index >= 15 is 0 Å². The summed E-state index contributed by atoms with van der Waals surface area (Å²) < 4.78 is 35.8. The lowest BCUT2D eigenvalue weighted by Crippen LogP contribution is -2.41. The first-order chi connectivity index (χ1) is 16.9. The zero-order chi connectivity index (χ0) is 26.6. The lowest BCUT2D eigenvalue weighted by Gasteiger charge is -2.44. The van der Waals surface area contributed by atoms with Crippen molar-refractivity contribution in [1.29, 1.82) is 0 Å². The van der Waals surface area contributed by atoms with Gasteiger partial charge in [-0.25, -0.2) is 0 Å². The summed E-state index contributed by atoms with van der Waals surface area (Å²) in [5, 5.41) is 0.246. The molecule has 36 heavy (non-hydrogen) atoms. The molecule has 208 valence electrons. The maximum absolute atomic E-state index is 6.44. The van der Waals surface area contributed by atoms with E-state index in [1.165, 1.54) is 16.7 Å². The second-order valence-electron chi connectivity index (χ2n) is 12.7. The Labute approximate surface area is 221 Å². The summed E-state index contributed by atoms with van der Waals surface area (Å²) in [7, 11) is -0.00999. The Bertz CT molecular complexity index is 779. The Morgan fingerprint density at radius 1 is 1.17 bits per heavy atom. The van der Waals surface area contributed by atoms with E-state index in [2.05, 4.69) is 60.7 Å². The number of hydrogen-bond donors (Lipinski definition) is 0. The van der Waals surface area contributed by atoms with Crippen LogP contribution in [0.5, 0.6) is 0 Å². The molecule has 0 spiro atoms. The number of allylic oxidation sites excluding steroid dienone is 1. The molecule has 0 unspecified atom stereocenters. The van der Waals surface area contributed by atoms with E-state index in [0.29, 0.717) is 32.5 Å². The van der Waals surface area contributed by atoms with Crippen LogP contribution in [0.25, 0.3) is 0 Å². The van der Waals surface area contributed by atoms with Crippen molar-refractivity contribution < 1.29 is 28.1 Å². The minimum absolute atomic E-state index is 0.0282. The van der Waals surface area contributed by atoms with Crippen LogP contribution in [0.2, 0.25) is 18.1 Å². The lowest BCUT2D eigenvalue weighted by atomic mass is 9.62. The van der Waals surface area contributed by atoms with E-state index in [-0.39, 0.29) is 29.0 Å². The zero-order valence-electron chi connectivity index (χ0n) is 24.4. The normalized spacial score (nSPS) is 30.4. The summed E-state index contributed by atoms with van der Waals surface area (Å²) in [4.78, 5) is 0. The van der Waals surface area contributed by atoms with Crippen molar-refractivity contribution >= 4 is 8.32 Å². The van der Waals surface area contributed by atoms with Gasteiger partial charge in [0.2, 0.25) is 0 Å². The highest BCUT2D eigenvalue weighted by Gasteiger charge is 2.48. The largest absolute Gasteiger partial charge is 0.417 e. The fourth-order valence-corrected chi connectivity index (χ4v) is 6.55. The fraction of sp³-hybridized carbons (Fsp3) is 0.862. The molecular formula is C29H52O6Si. The van der Waals surface area contributed by atoms with Gasteiger partial charge in [-0.05, 0) is 79.6 Å². The van der Waals surface area contributed by atoms with Crippen molar-refractivity contribution in [3.8, 4) is 0 Å². The van der Waals surface area contributed by atoms with Crippen LogP contribution in [0.15, 0.2) is 22.8 Å². The predicted molar refractivity (Wildman–Crippen MR) is 146 cm³/mol. The summed E-state index contributed by atoms with van der Waals surface area (Å²) in [5.41, 5.74) is 4.13. The molecule has 0 bridgehead atoms. The lowest BCUT2D eigenvalue weighted by molar-refractivity contribution is -0.0796. The van der Waals surface area contributed by atoms with Gasteiger partial charge < -0.3 is 28.1 Å². The van der Waals surface area contributed by atoms with Crippen LogP contribution in [0.4, 0.5) is 0 Å². The number of ether oxygens (including phenoxy) is 5. The van der Waals surface area contributed by atoms with Gasteiger partial charge in [-0.2, -0.15) is 0 Å². The topological polar surface area (TPSA) is 55.4 Å². The third kappa shape index (κ3) is 7.10. The quantitative estimate of drug-likeness (QED) is 0.124. The minimum Gasteiger partial charge on any atom is -0.417 e. The van der Waals surface area contributed by atoms with E-state index in [9.17, 15) is 0 Å². The molecule has 0 saturated carbocycles. The molecule has 0 amide bonds. The highest BCUT2D eigenvalue weighted by Crippen LogP contribution is 2.52. The minimum atomic E-state index is -1.70. The maximum Gasteiger partial charge on any atom is 0.191 e. The molecule has 0 N–H and O–H groups in total. The third-order valence-corrected chi connectivity index (χ3v) is 13.7. The molecule has 6 nitrogen and oxygen atoms in total. The second kappa shape index (κ2) is 12.5. The zero-order valence-corrected chi connectivity index (χ0v) is 25.4. The van der Waals surface area contributed by atoms with E-state index in [0.717, 1.165) is 38.7 Å². The summed E-state index contributed by atoms with van der Waals surface area (Å²) in [6.45, 7) is 21.7. The van der Waals surface area contributed by atoms with Gasteiger partial charge in [-0.3, -0.25) is 0 Å². The van der Waals surface area contributed by atoms with Gasteiger partial charge in [0.1, 0.15) is 12.9 Å². The molecule has 0 aromatic carbocycles. The van der Waals surface area contributed by atoms with Gasteiger partial charge in [0.25, 0.3) is 0 Å². The first kappa shape index (κ1) is 30.0. The average Bonchev–Trinajstić information content (AvgIpc) is 3.47. The Hall–Kier alpha value is -0.543. The summed E-state index contributed by atoms with van der Waals surface area (Å²) in [6, 6.07) is 0. The number of methoxy groups -OCH3 is 1. The Morgan fingerprint density at radius 2 is 1.86 bits per heavy atom. The van der Waals surface area contributed by atoms with Gasteiger partial charge >= 0.3 is 0 Å². The molecule has 2 aliphatic heterocycles. The molecule has 2 heterocycles. The van der Waals surface area contributed by atoms with Crippen molar-refractivity contribution in [2.45, 2.75) is 110 Å². The van der Waals surface area contributed by atoms with E-state index in [1.54, 1.807) is 7.11 Å². The van der Waals surface area contributed by atoms with Crippen molar-refractivity contribution in [2.75, 3.05) is 40.3 Å². The van der Waals surface area contributed by atoms with Gasteiger partial charge in [0, 0.05) is 13.7 Å². The molecule has 3 aliphatic rings. The SMILES string of the molecule is COCO[C@H]1C[C@@H](C)[C@](C)(CCC2OCCO2)C2=C1[C@@H](/C=C(\C)CCCO[Si](C)(C)C(C)(C)C)OC2. The van der Waals surface area contributed by atoms with Crippen molar-refractivity contribution in [3.63, 3.8) is 0 Å². The Balaban J connectivity index is 1.70. The van der Waals surface area contributed by atoms with Crippen LogP contribution < -0.4 is 0 Å². The van der Waals surface area contributed by atoms with Crippen LogP contribution >= 0.6 is 0 Å². The van der Waals surface area contributed by atoms with Crippen LogP contribution in [-0.2, 0) is 28.1 Å². The summed E-state index contributed by atoms with van der Waals surface area (Å²) >= 11 is 0. The first-order valence-corrected chi connectivity index (χ1v) is 16.8. The summed E-state index contributed by atoms with van der Waals surface area (Å²) in [5.74, 6) is 0.472. The molecular weight excluding hydrogens is 472 g/mol. The standard InChI is InChI=1S/C29H52O6Si/c1-21(11-10-14-35-36(8,9)28(3,4)5)17-24-27-23(19-33-24)29(6,13-12-26-31-15-16-32-26)22(2)18-25(27)34-20-30-7/h17,22,24-26H,10-16,18-20H2,1-9H3/b21-17+/t22-,24-,25+,29+/m1/s1. The van der Waals surface area contributed by atoms with Gasteiger partial charge in [0.05, 0.1) is 25.9 Å². The molecule has 3 rings (SSSR count). The van der Waals surface area contributed by atoms with Crippen molar-refractivity contribution in [2.24, 2.45) is 11.3 Å². The molecule has 4 atom stereocenters. The highest BCUT2D eigenvalue weighted by molar-refractivity contribution is 6.74. The molecule has 0 aromatic rings. The van der Waals surface area contributed by atoms with Crippen LogP contribution in [0.3, 0.4) is 0 Å². The Morgan fingerprint density at radius 3 is 2.50 bits per heavy atom. The third-order valence-electron chi connectivity index (χ3n) is 9.15. The van der Waals surface area contributed by atoms with Gasteiger partial charge in [-0.15, -0.1) is 0 Å². The monoisotopic (exact) mass is 524 g/mol. The average molecular weight is 525 g/mol. The maximum atomic E-state index is 6.44. The molecule has 1 aliphatic carbocycles. The first-order valence-electron chi connectivity index (χ1n) is 13.9. The fourth-order valence-electron chi connectivity index (χ4n) is 5.47. The van der Waals surface area contributed by atoms with Crippen molar-refractivity contribution in [1.82, 2.24) is 0 Å². The van der Waals surface area contributed by atoms with Gasteiger partial charge in [-0.1, -0.05) is 46.3 Å². The smallest absolute Gasteiger partial charge is 0.191 e. The van der Waals surface area contributed by atoms with Crippen LogP contribution in [0.1, 0.15) is 73.6 Å². The molecule has 0 aromatic heterocycles. The Kier molecular flexibility index (Phi) is 10.5. The predicted octanol–water partition coefficient (Wildman–Crippen LogP) is 6.62. The number of hydrogen-bond acceptors (Lipinski definition) is 6. The summed E-state index contributed by atoms with van der Waals surface area (Å²) in [6.07, 6.45) is 7.20. The number of rotatable bonds is 12. The molecule has 0 radical (unpaired) electrons. The second-order valence-corrected chi connectivity index (χ2v) is 17.5.